The zero-order valence-corrected chi connectivity index (χ0v) is 12.5. The second-order valence-corrected chi connectivity index (χ2v) is 6.16. The fourth-order valence-electron chi connectivity index (χ4n) is 2.64. The molecule has 6 nitrogen and oxygen atoms in total. The van der Waals surface area contributed by atoms with Crippen molar-refractivity contribution in [2.45, 2.75) is 19.3 Å². The van der Waals surface area contributed by atoms with Gasteiger partial charge in [-0.05, 0) is 38.3 Å². The molecule has 2 aromatic rings. The summed E-state index contributed by atoms with van der Waals surface area (Å²) in [5.74, 6) is 0.273. The molecule has 1 saturated heterocycles. The molecule has 2 aromatic heterocycles. The minimum atomic E-state index is -0.336. The van der Waals surface area contributed by atoms with Crippen LogP contribution in [0.3, 0.4) is 0 Å². The van der Waals surface area contributed by atoms with Gasteiger partial charge in [0.25, 0.3) is 11.5 Å². The van der Waals surface area contributed by atoms with Gasteiger partial charge < -0.3 is 10.6 Å². The Bertz CT molecular complexity index is 688. The van der Waals surface area contributed by atoms with Gasteiger partial charge in [0.2, 0.25) is 0 Å². The van der Waals surface area contributed by atoms with Crippen LogP contribution in [0.1, 0.15) is 29.6 Å². The largest absolute Gasteiger partial charge is 0.352 e. The van der Waals surface area contributed by atoms with E-state index in [1.165, 1.54) is 34.8 Å². The summed E-state index contributed by atoms with van der Waals surface area (Å²) in [6, 6.07) is 0. The van der Waals surface area contributed by atoms with Crippen molar-refractivity contribution < 1.29 is 4.79 Å². The number of nitrogens with zero attached hydrogens (tertiary/aromatic N) is 2. The summed E-state index contributed by atoms with van der Waals surface area (Å²) in [5, 5.41) is 7.96. The van der Waals surface area contributed by atoms with Crippen molar-refractivity contribution in [3.05, 3.63) is 33.7 Å². The van der Waals surface area contributed by atoms with E-state index in [-0.39, 0.29) is 17.0 Å². The first-order valence-corrected chi connectivity index (χ1v) is 8.07. The molecule has 0 spiro atoms. The Morgan fingerprint density at radius 2 is 2.48 bits per heavy atom. The maximum absolute atomic E-state index is 12.2. The highest BCUT2D eigenvalue weighted by Gasteiger charge is 2.15. The molecule has 1 aliphatic heterocycles. The molecule has 0 aromatic carbocycles. The van der Waals surface area contributed by atoms with Gasteiger partial charge in [0, 0.05) is 24.3 Å². The van der Waals surface area contributed by atoms with Crippen LogP contribution in [0.5, 0.6) is 0 Å². The summed E-state index contributed by atoms with van der Waals surface area (Å²) in [5.41, 5.74) is -0.203. The third-order valence-corrected chi connectivity index (χ3v) is 4.60. The number of fused-ring (bicyclic) bond motifs is 1. The van der Waals surface area contributed by atoms with Crippen LogP contribution in [0.15, 0.2) is 22.6 Å². The number of nitrogens with one attached hydrogen (secondary N) is 2. The van der Waals surface area contributed by atoms with Crippen molar-refractivity contribution in [1.29, 1.82) is 0 Å². The van der Waals surface area contributed by atoms with Gasteiger partial charge in [0.05, 0.1) is 0 Å². The molecular weight excluding hydrogens is 288 g/mol. The normalized spacial score (nSPS) is 18.8. The Morgan fingerprint density at radius 1 is 1.57 bits per heavy atom. The number of hydrogen-bond donors (Lipinski definition) is 2. The standard InChI is InChI=1S/C14H18N4O2S/c19-12(16-5-3-10-2-1-4-15-8-10)11-9-17-14-18(13(11)20)6-7-21-14/h6-7,9-10,15H,1-5,8H2,(H,16,19). The molecule has 0 radical (unpaired) electrons. The van der Waals surface area contributed by atoms with Crippen molar-refractivity contribution in [3.8, 4) is 0 Å². The van der Waals surface area contributed by atoms with E-state index < -0.39 is 0 Å². The molecule has 7 heteroatoms. The number of thiazole rings is 1. The Kier molecular flexibility index (Phi) is 4.31. The maximum atomic E-state index is 12.2. The van der Waals surface area contributed by atoms with E-state index in [4.69, 9.17) is 0 Å². The van der Waals surface area contributed by atoms with Gasteiger partial charge in [0.1, 0.15) is 5.56 Å². The lowest BCUT2D eigenvalue weighted by Crippen LogP contribution is -2.35. The summed E-state index contributed by atoms with van der Waals surface area (Å²) < 4.78 is 1.41. The summed E-state index contributed by atoms with van der Waals surface area (Å²) in [4.78, 5) is 29.0. The van der Waals surface area contributed by atoms with E-state index in [0.29, 0.717) is 17.4 Å². The van der Waals surface area contributed by atoms with Crippen molar-refractivity contribution >= 4 is 22.2 Å². The van der Waals surface area contributed by atoms with E-state index in [9.17, 15) is 9.59 Å². The Labute approximate surface area is 126 Å². The van der Waals surface area contributed by atoms with Gasteiger partial charge in [-0.25, -0.2) is 4.98 Å². The van der Waals surface area contributed by atoms with Crippen LogP contribution in [0.25, 0.3) is 4.96 Å². The molecule has 1 amide bonds. The first-order chi connectivity index (χ1) is 10.3. The van der Waals surface area contributed by atoms with E-state index >= 15 is 0 Å². The zero-order chi connectivity index (χ0) is 14.7. The monoisotopic (exact) mass is 306 g/mol. The Morgan fingerprint density at radius 3 is 3.29 bits per heavy atom. The van der Waals surface area contributed by atoms with Gasteiger partial charge in [-0.3, -0.25) is 14.0 Å². The quantitative estimate of drug-likeness (QED) is 0.879. The summed E-state index contributed by atoms with van der Waals surface area (Å²) in [7, 11) is 0. The van der Waals surface area contributed by atoms with Crippen LogP contribution in [-0.4, -0.2) is 34.9 Å². The number of rotatable bonds is 4. The van der Waals surface area contributed by atoms with Crippen LogP contribution >= 0.6 is 11.3 Å². The highest BCUT2D eigenvalue weighted by molar-refractivity contribution is 7.15. The molecule has 1 aliphatic rings. The third kappa shape index (κ3) is 3.14. The number of hydrogen-bond acceptors (Lipinski definition) is 5. The Hall–Kier alpha value is -1.73. The highest BCUT2D eigenvalue weighted by Crippen LogP contribution is 2.13. The minimum absolute atomic E-state index is 0.104. The molecule has 112 valence electrons. The second kappa shape index (κ2) is 6.36. The van der Waals surface area contributed by atoms with Gasteiger partial charge in [-0.15, -0.1) is 11.3 Å². The van der Waals surface area contributed by atoms with Crippen molar-refractivity contribution in [2.24, 2.45) is 5.92 Å². The van der Waals surface area contributed by atoms with Crippen LogP contribution in [0, 0.1) is 5.92 Å². The predicted octanol–water partition coefficient (Wildman–Crippen LogP) is 0.875. The zero-order valence-electron chi connectivity index (χ0n) is 11.7. The van der Waals surface area contributed by atoms with Crippen molar-refractivity contribution in [1.82, 2.24) is 20.0 Å². The second-order valence-electron chi connectivity index (χ2n) is 5.29. The van der Waals surface area contributed by atoms with Crippen LogP contribution in [0.4, 0.5) is 0 Å². The lowest BCUT2D eigenvalue weighted by molar-refractivity contribution is 0.0948. The molecule has 1 unspecified atom stereocenters. The fourth-order valence-corrected chi connectivity index (χ4v) is 3.31. The third-order valence-electron chi connectivity index (χ3n) is 3.82. The summed E-state index contributed by atoms with van der Waals surface area (Å²) in [6.45, 7) is 2.70. The smallest absolute Gasteiger partial charge is 0.271 e. The molecule has 21 heavy (non-hydrogen) atoms. The topological polar surface area (TPSA) is 75.5 Å². The van der Waals surface area contributed by atoms with Gasteiger partial charge in [0.15, 0.2) is 4.96 Å². The average Bonchev–Trinajstić information content (AvgIpc) is 2.98. The first-order valence-electron chi connectivity index (χ1n) is 7.19. The van der Waals surface area contributed by atoms with Crippen molar-refractivity contribution in [2.75, 3.05) is 19.6 Å². The number of carbonyl (C=O) groups is 1. The molecule has 1 atom stereocenters. The van der Waals surface area contributed by atoms with Gasteiger partial charge in [-0.2, -0.15) is 0 Å². The maximum Gasteiger partial charge on any atom is 0.271 e. The fraction of sp³-hybridized carbons (Fsp3) is 0.500. The van der Waals surface area contributed by atoms with Gasteiger partial charge in [-0.1, -0.05) is 0 Å². The SMILES string of the molecule is O=C(NCCC1CCCNC1)c1cnc2sccn2c1=O. The molecular formula is C14H18N4O2S. The average molecular weight is 306 g/mol. The molecule has 0 bridgehead atoms. The van der Waals surface area contributed by atoms with E-state index in [1.807, 2.05) is 0 Å². The van der Waals surface area contributed by atoms with Crippen molar-refractivity contribution in [3.63, 3.8) is 0 Å². The predicted molar refractivity (Wildman–Crippen MR) is 81.9 cm³/mol. The van der Waals surface area contributed by atoms with E-state index in [2.05, 4.69) is 15.6 Å². The van der Waals surface area contributed by atoms with Crippen LogP contribution in [-0.2, 0) is 0 Å². The molecule has 3 rings (SSSR count). The first kappa shape index (κ1) is 14.2. The molecule has 0 aliphatic carbocycles. The molecule has 1 fully saturated rings. The van der Waals surface area contributed by atoms with E-state index in [1.54, 1.807) is 11.6 Å². The number of carbonyl (C=O) groups excluding carboxylic acids is 1. The summed E-state index contributed by atoms with van der Waals surface area (Å²) >= 11 is 1.37. The minimum Gasteiger partial charge on any atom is -0.352 e. The van der Waals surface area contributed by atoms with Crippen LogP contribution < -0.4 is 16.2 Å². The number of amides is 1. The molecule has 2 N–H and O–H groups in total. The van der Waals surface area contributed by atoms with Crippen LogP contribution in [0.2, 0.25) is 0 Å². The molecule has 3 heterocycles. The molecule has 0 saturated carbocycles. The van der Waals surface area contributed by atoms with Gasteiger partial charge >= 0.3 is 0 Å². The van der Waals surface area contributed by atoms with E-state index in [0.717, 1.165) is 19.5 Å². The number of aromatic nitrogens is 2. The highest BCUT2D eigenvalue weighted by atomic mass is 32.1. The lowest BCUT2D eigenvalue weighted by atomic mass is 9.96. The lowest BCUT2D eigenvalue weighted by Gasteiger charge is -2.22. The number of piperidine rings is 1. The Balaban J connectivity index is 1.61. The summed E-state index contributed by atoms with van der Waals surface area (Å²) in [6.07, 6.45) is 6.34.